The molecule has 4 aromatic rings. The molecule has 0 aliphatic carbocycles. The van der Waals surface area contributed by atoms with Crippen molar-refractivity contribution in [3.8, 4) is 0 Å². The third-order valence-corrected chi connectivity index (χ3v) is 7.81. The van der Waals surface area contributed by atoms with Crippen LogP contribution in [0.15, 0.2) is 71.2 Å². The predicted octanol–water partition coefficient (Wildman–Crippen LogP) is 7.56. The second kappa shape index (κ2) is 6.20. The summed E-state index contributed by atoms with van der Waals surface area (Å²) in [6, 6.07) is 15.9. The van der Waals surface area contributed by atoms with Crippen molar-refractivity contribution in [3.63, 3.8) is 0 Å². The molecule has 0 bridgehead atoms. The number of rotatable bonds is 0. The summed E-state index contributed by atoms with van der Waals surface area (Å²) in [5, 5.41) is 5.39. The lowest BCUT2D eigenvalue weighted by atomic mass is 10.1. The van der Waals surface area contributed by atoms with E-state index in [1.807, 2.05) is 36.4 Å². The zero-order valence-electron chi connectivity index (χ0n) is 12.0. The molecule has 0 aromatic heterocycles. The molecule has 0 aliphatic heterocycles. The Labute approximate surface area is 171 Å². The van der Waals surface area contributed by atoms with Gasteiger partial charge in [0.25, 0.3) is 0 Å². The molecule has 0 fully saturated rings. The third-order valence-electron chi connectivity index (χ3n) is 4.12. The molecular formula is C19H8Br4O. The van der Waals surface area contributed by atoms with Crippen molar-refractivity contribution in [1.82, 2.24) is 0 Å². The van der Waals surface area contributed by atoms with Crippen molar-refractivity contribution in [1.29, 1.82) is 0 Å². The maximum Gasteiger partial charge on any atom is 0.194 e. The Morgan fingerprint density at radius 1 is 0.500 bits per heavy atom. The van der Waals surface area contributed by atoms with Gasteiger partial charge in [-0.05, 0) is 110 Å². The molecule has 0 atom stereocenters. The van der Waals surface area contributed by atoms with Crippen LogP contribution in [0.25, 0.3) is 32.3 Å². The molecule has 4 aromatic carbocycles. The van der Waals surface area contributed by atoms with Gasteiger partial charge >= 0.3 is 0 Å². The first-order valence-electron chi connectivity index (χ1n) is 7.10. The maximum atomic E-state index is 13.3. The highest BCUT2D eigenvalue weighted by Crippen LogP contribution is 2.35. The van der Waals surface area contributed by atoms with Crippen molar-refractivity contribution in [2.75, 3.05) is 0 Å². The van der Waals surface area contributed by atoms with Crippen LogP contribution in [-0.2, 0) is 0 Å². The van der Waals surface area contributed by atoms with Gasteiger partial charge in [0.15, 0.2) is 5.43 Å². The Hall–Kier alpha value is -0.750. The average Bonchev–Trinajstić information content (AvgIpc) is 2.66. The van der Waals surface area contributed by atoms with E-state index < -0.39 is 0 Å². The Bertz CT molecular complexity index is 1120. The van der Waals surface area contributed by atoms with E-state index in [2.05, 4.69) is 75.9 Å². The van der Waals surface area contributed by atoms with Crippen LogP contribution in [0, 0.1) is 0 Å². The van der Waals surface area contributed by atoms with Crippen molar-refractivity contribution in [3.05, 3.63) is 76.6 Å². The third kappa shape index (κ3) is 2.57. The van der Waals surface area contributed by atoms with E-state index in [1.165, 1.54) is 0 Å². The van der Waals surface area contributed by atoms with Gasteiger partial charge in [0, 0.05) is 28.7 Å². The first-order valence-corrected chi connectivity index (χ1v) is 10.3. The summed E-state index contributed by atoms with van der Waals surface area (Å²) in [5.41, 5.74) is 0.0256. The lowest BCUT2D eigenvalue weighted by Crippen LogP contribution is -1.98. The Kier molecular flexibility index (Phi) is 4.32. The lowest BCUT2D eigenvalue weighted by molar-refractivity contribution is 1.63. The molecule has 0 amide bonds. The van der Waals surface area contributed by atoms with Crippen LogP contribution in [0.2, 0.25) is 0 Å². The Morgan fingerprint density at radius 3 is 1.21 bits per heavy atom. The summed E-state index contributed by atoms with van der Waals surface area (Å²) in [7, 11) is 0. The van der Waals surface area contributed by atoms with E-state index in [0.29, 0.717) is 10.8 Å². The van der Waals surface area contributed by atoms with E-state index in [4.69, 9.17) is 0 Å². The van der Waals surface area contributed by atoms with Gasteiger partial charge in [0.2, 0.25) is 0 Å². The van der Waals surface area contributed by atoms with Crippen molar-refractivity contribution in [2.45, 2.75) is 0 Å². The minimum absolute atomic E-state index is 0.0256. The molecule has 0 unspecified atom stereocenters. The zero-order valence-corrected chi connectivity index (χ0v) is 18.4. The molecule has 4 rings (SSSR count). The summed E-state index contributed by atoms with van der Waals surface area (Å²) < 4.78 is 3.59. The maximum absolute atomic E-state index is 13.3. The highest BCUT2D eigenvalue weighted by molar-refractivity contribution is 9.13. The number of halogens is 4. The van der Waals surface area contributed by atoms with Crippen molar-refractivity contribution >= 4 is 96.0 Å². The predicted molar refractivity (Wildman–Crippen MR) is 116 cm³/mol. The van der Waals surface area contributed by atoms with Gasteiger partial charge in [-0.3, -0.25) is 4.79 Å². The van der Waals surface area contributed by atoms with Gasteiger partial charge < -0.3 is 0 Å². The van der Waals surface area contributed by atoms with Crippen LogP contribution >= 0.6 is 63.7 Å². The van der Waals surface area contributed by atoms with Gasteiger partial charge in [0.05, 0.1) is 0 Å². The first kappa shape index (κ1) is 16.7. The summed E-state index contributed by atoms with van der Waals surface area (Å²) in [4.78, 5) is 13.3. The molecule has 24 heavy (non-hydrogen) atoms. The SMILES string of the molecule is O=c1c2cc(Br)c(Br)cc2c2ccccc2c2cc(Br)c(Br)cc12. The number of fused-ring (bicyclic) bond motifs is 5. The monoisotopic (exact) mass is 568 g/mol. The number of hydrogen-bond acceptors (Lipinski definition) is 1. The first-order chi connectivity index (χ1) is 11.5. The van der Waals surface area contributed by atoms with Crippen LogP contribution in [0.3, 0.4) is 0 Å². The molecular weight excluding hydrogens is 564 g/mol. The second-order valence-electron chi connectivity index (χ2n) is 5.50. The van der Waals surface area contributed by atoms with E-state index >= 15 is 0 Å². The average molecular weight is 572 g/mol. The summed E-state index contributed by atoms with van der Waals surface area (Å²) in [6.07, 6.45) is 0. The van der Waals surface area contributed by atoms with Gasteiger partial charge in [-0.1, -0.05) is 24.3 Å². The van der Waals surface area contributed by atoms with Gasteiger partial charge in [0.1, 0.15) is 0 Å². The van der Waals surface area contributed by atoms with Gasteiger partial charge in [-0.2, -0.15) is 0 Å². The highest BCUT2D eigenvalue weighted by atomic mass is 79.9. The van der Waals surface area contributed by atoms with Crippen LogP contribution in [0.5, 0.6) is 0 Å². The summed E-state index contributed by atoms with van der Waals surface area (Å²) in [5.74, 6) is 0. The highest BCUT2D eigenvalue weighted by Gasteiger charge is 2.12. The lowest BCUT2D eigenvalue weighted by Gasteiger charge is -2.02. The van der Waals surface area contributed by atoms with Crippen LogP contribution in [-0.4, -0.2) is 0 Å². The molecule has 0 aliphatic rings. The van der Waals surface area contributed by atoms with Crippen molar-refractivity contribution in [2.24, 2.45) is 0 Å². The normalized spacial score (nSPS) is 11.5. The van der Waals surface area contributed by atoms with Crippen LogP contribution in [0.4, 0.5) is 0 Å². The van der Waals surface area contributed by atoms with E-state index in [0.717, 1.165) is 39.4 Å². The molecule has 0 heterocycles. The minimum atomic E-state index is 0.0256. The fourth-order valence-corrected chi connectivity index (χ4v) is 4.39. The van der Waals surface area contributed by atoms with Gasteiger partial charge in [-0.15, -0.1) is 0 Å². The Morgan fingerprint density at radius 2 is 0.833 bits per heavy atom. The smallest absolute Gasteiger partial charge is 0.194 e. The van der Waals surface area contributed by atoms with E-state index in [9.17, 15) is 4.79 Å². The molecule has 0 N–H and O–H groups in total. The molecule has 5 heteroatoms. The van der Waals surface area contributed by atoms with Crippen LogP contribution in [0.1, 0.15) is 0 Å². The largest absolute Gasteiger partial charge is 0.289 e. The quantitative estimate of drug-likeness (QED) is 0.213. The van der Waals surface area contributed by atoms with E-state index in [1.54, 1.807) is 0 Å². The molecule has 118 valence electrons. The van der Waals surface area contributed by atoms with Crippen molar-refractivity contribution < 1.29 is 0 Å². The molecule has 0 radical (unpaired) electrons. The minimum Gasteiger partial charge on any atom is -0.289 e. The Balaban J connectivity index is 2.48. The number of hydrogen-bond donors (Lipinski definition) is 0. The molecule has 0 saturated heterocycles. The van der Waals surface area contributed by atoms with Gasteiger partial charge in [-0.25, -0.2) is 0 Å². The fourth-order valence-electron chi connectivity index (χ4n) is 3.01. The molecule has 0 saturated carbocycles. The second-order valence-corrected chi connectivity index (χ2v) is 8.92. The van der Waals surface area contributed by atoms with E-state index in [-0.39, 0.29) is 5.43 Å². The van der Waals surface area contributed by atoms with Crippen LogP contribution < -0.4 is 5.43 Å². The standard InChI is InChI=1S/C19H8Br4O/c20-15-5-11-9-3-1-2-4-10(9)12-6-16(21)18(23)8-14(12)19(24)13(11)7-17(15)22/h1-8H. The molecule has 1 nitrogen and oxygen atoms in total. The fraction of sp³-hybridized carbons (Fsp3) is 0. The summed E-state index contributed by atoms with van der Waals surface area (Å²) in [6.45, 7) is 0. The topological polar surface area (TPSA) is 17.1 Å². The summed E-state index contributed by atoms with van der Waals surface area (Å²) >= 11 is 14.1. The molecule has 0 spiro atoms. The zero-order chi connectivity index (χ0) is 17.0. The number of benzene rings is 3.